The lowest BCUT2D eigenvalue weighted by Gasteiger charge is -2.33. The minimum Gasteiger partial charge on any atom is -0.444 e. The van der Waals surface area contributed by atoms with Crippen LogP contribution in [0.1, 0.15) is 32.8 Å². The number of amides is 1. The Bertz CT molecular complexity index is 614. The van der Waals surface area contributed by atoms with Gasteiger partial charge < -0.3 is 9.84 Å². The highest BCUT2D eigenvalue weighted by Gasteiger charge is 2.53. The smallest absolute Gasteiger partial charge is 0.411 e. The monoisotopic (exact) mass is 451 g/mol. The molecule has 7 heteroatoms. The summed E-state index contributed by atoms with van der Waals surface area (Å²) >= 11 is 7.49. The first-order valence-corrected chi connectivity index (χ1v) is 8.68. The molecule has 1 aromatic rings. The number of hydrogen-bond donors (Lipinski definition) is 1. The third-order valence-electron chi connectivity index (χ3n) is 3.68. The van der Waals surface area contributed by atoms with E-state index < -0.39 is 23.3 Å². The number of carbonyl (C=O) groups excluding carboxylic acids is 2. The SMILES string of the molecule is CC(C)(C)OC(=O)N1CCC(O)(c2ccc(Cl)cc2)C1C(=O)I. The van der Waals surface area contributed by atoms with Crippen LogP contribution < -0.4 is 0 Å². The standard InChI is InChI=1S/C16H19ClINO4/c1-15(2,3)23-14(21)19-9-8-16(22,12(19)13(18)20)10-4-6-11(17)7-5-10/h4-7,12,22H,8-9H2,1-3H3. The van der Waals surface area contributed by atoms with E-state index >= 15 is 0 Å². The molecule has 23 heavy (non-hydrogen) atoms. The largest absolute Gasteiger partial charge is 0.444 e. The fraction of sp³-hybridized carbons (Fsp3) is 0.500. The molecule has 2 atom stereocenters. The van der Waals surface area contributed by atoms with E-state index in [4.69, 9.17) is 16.3 Å². The van der Waals surface area contributed by atoms with Gasteiger partial charge in [0.25, 0.3) is 0 Å². The van der Waals surface area contributed by atoms with Gasteiger partial charge in [-0.1, -0.05) is 23.7 Å². The van der Waals surface area contributed by atoms with Crippen molar-refractivity contribution in [2.24, 2.45) is 0 Å². The number of benzene rings is 1. The lowest BCUT2D eigenvalue weighted by molar-refractivity contribution is -0.120. The van der Waals surface area contributed by atoms with Crippen LogP contribution in [0.3, 0.4) is 0 Å². The number of hydrogen-bond acceptors (Lipinski definition) is 4. The zero-order valence-corrected chi connectivity index (χ0v) is 16.1. The van der Waals surface area contributed by atoms with Crippen molar-refractivity contribution in [2.75, 3.05) is 6.54 Å². The first-order valence-electron chi connectivity index (χ1n) is 7.22. The van der Waals surface area contributed by atoms with E-state index in [9.17, 15) is 14.7 Å². The summed E-state index contributed by atoms with van der Waals surface area (Å²) < 4.78 is 5.03. The maximum Gasteiger partial charge on any atom is 0.411 e. The van der Waals surface area contributed by atoms with Gasteiger partial charge in [0.15, 0.2) is 0 Å². The second-order valence-electron chi connectivity index (χ2n) is 6.56. The molecule has 0 radical (unpaired) electrons. The van der Waals surface area contributed by atoms with E-state index in [1.165, 1.54) is 4.90 Å². The molecule has 5 nitrogen and oxygen atoms in total. The average molecular weight is 452 g/mol. The average Bonchev–Trinajstić information content (AvgIpc) is 2.76. The number of ether oxygens (including phenoxy) is 1. The quantitative estimate of drug-likeness (QED) is 0.552. The normalized spacial score (nSPS) is 24.6. The molecular formula is C16H19ClINO4. The summed E-state index contributed by atoms with van der Waals surface area (Å²) in [6, 6.07) is 5.67. The Kier molecular flexibility index (Phi) is 5.27. The summed E-state index contributed by atoms with van der Waals surface area (Å²) in [6.07, 6.45) is -0.342. The van der Waals surface area contributed by atoms with Crippen molar-refractivity contribution in [3.63, 3.8) is 0 Å². The second-order valence-corrected chi connectivity index (χ2v) is 8.06. The minimum absolute atomic E-state index is 0.244. The molecule has 1 heterocycles. The van der Waals surface area contributed by atoms with E-state index in [0.29, 0.717) is 10.6 Å². The molecule has 1 saturated heterocycles. The van der Waals surface area contributed by atoms with Crippen molar-refractivity contribution in [3.8, 4) is 0 Å². The molecular weight excluding hydrogens is 433 g/mol. The third-order valence-corrected chi connectivity index (χ3v) is 4.53. The van der Waals surface area contributed by atoms with Gasteiger partial charge in [0.1, 0.15) is 17.2 Å². The Labute approximate surface area is 154 Å². The van der Waals surface area contributed by atoms with Crippen LogP contribution >= 0.6 is 34.2 Å². The van der Waals surface area contributed by atoms with Crippen molar-refractivity contribution in [1.29, 1.82) is 0 Å². The number of aliphatic hydroxyl groups is 1. The van der Waals surface area contributed by atoms with Crippen molar-refractivity contribution in [3.05, 3.63) is 34.9 Å². The molecule has 1 aliphatic heterocycles. The van der Waals surface area contributed by atoms with Crippen molar-refractivity contribution in [2.45, 2.75) is 44.4 Å². The molecule has 0 saturated carbocycles. The van der Waals surface area contributed by atoms with Crippen molar-refractivity contribution in [1.82, 2.24) is 4.90 Å². The van der Waals surface area contributed by atoms with E-state index in [-0.39, 0.29) is 16.8 Å². The summed E-state index contributed by atoms with van der Waals surface area (Å²) in [7, 11) is 0. The Morgan fingerprint density at radius 2 is 1.91 bits per heavy atom. The minimum atomic E-state index is -1.44. The zero-order valence-electron chi connectivity index (χ0n) is 13.2. The van der Waals surface area contributed by atoms with Crippen LogP contribution in [-0.4, -0.2) is 38.1 Å². The van der Waals surface area contributed by atoms with Crippen molar-refractivity contribution < 1.29 is 19.4 Å². The molecule has 1 N–H and O–H groups in total. The van der Waals surface area contributed by atoms with Gasteiger partial charge in [0, 0.05) is 40.6 Å². The Morgan fingerprint density at radius 1 is 1.35 bits per heavy atom. The molecule has 2 rings (SSSR count). The van der Waals surface area contributed by atoms with Gasteiger partial charge in [-0.3, -0.25) is 9.69 Å². The van der Waals surface area contributed by atoms with E-state index in [0.717, 1.165) is 0 Å². The topological polar surface area (TPSA) is 66.8 Å². The van der Waals surface area contributed by atoms with Gasteiger partial charge in [-0.2, -0.15) is 0 Å². The summed E-state index contributed by atoms with van der Waals surface area (Å²) in [5.74, 6) is 0. The first-order chi connectivity index (χ1) is 10.5. The van der Waals surface area contributed by atoms with Crippen LogP contribution in [0.25, 0.3) is 0 Å². The summed E-state index contributed by atoms with van der Waals surface area (Å²) in [6.45, 7) is 5.52. The summed E-state index contributed by atoms with van der Waals surface area (Å²) in [5, 5.41) is 11.6. The third kappa shape index (κ3) is 3.97. The lowest BCUT2D eigenvalue weighted by atomic mass is 9.87. The summed E-state index contributed by atoms with van der Waals surface area (Å²) in [4.78, 5) is 25.8. The fourth-order valence-corrected chi connectivity index (χ4v) is 3.66. The molecule has 0 aliphatic carbocycles. The number of rotatable bonds is 2. The molecule has 0 bridgehead atoms. The van der Waals surface area contributed by atoms with Crippen LogP contribution in [0.4, 0.5) is 4.79 Å². The number of halogens is 2. The van der Waals surface area contributed by atoms with Gasteiger partial charge in [0.05, 0.1) is 0 Å². The predicted molar refractivity (Wildman–Crippen MR) is 95.7 cm³/mol. The van der Waals surface area contributed by atoms with E-state index in [1.54, 1.807) is 67.6 Å². The van der Waals surface area contributed by atoms with Crippen molar-refractivity contribution >= 4 is 44.1 Å². The molecule has 1 fully saturated rings. The highest BCUT2D eigenvalue weighted by molar-refractivity contribution is 14.1. The van der Waals surface area contributed by atoms with Gasteiger partial charge in [-0.15, -0.1) is 0 Å². The molecule has 1 amide bonds. The fourth-order valence-electron chi connectivity index (χ4n) is 2.68. The number of carbonyl (C=O) groups is 2. The molecule has 0 aromatic heterocycles. The van der Waals surface area contributed by atoms with Gasteiger partial charge in [-0.25, -0.2) is 4.79 Å². The van der Waals surface area contributed by atoms with Gasteiger partial charge in [-0.05, 0) is 38.5 Å². The van der Waals surface area contributed by atoms with Crippen LogP contribution in [-0.2, 0) is 15.1 Å². The molecule has 1 aliphatic rings. The van der Waals surface area contributed by atoms with Gasteiger partial charge >= 0.3 is 6.09 Å². The molecule has 0 spiro atoms. The van der Waals surface area contributed by atoms with Crippen LogP contribution in [0, 0.1) is 0 Å². The Hall–Kier alpha value is -0.860. The molecule has 1 aromatic carbocycles. The maximum atomic E-state index is 12.4. The highest BCUT2D eigenvalue weighted by Crippen LogP contribution is 2.40. The number of nitrogens with zero attached hydrogens (tertiary/aromatic N) is 1. The second kappa shape index (κ2) is 6.57. The molecule has 126 valence electrons. The summed E-state index contributed by atoms with van der Waals surface area (Å²) in [5.41, 5.74) is -1.56. The zero-order chi connectivity index (χ0) is 17.4. The van der Waals surface area contributed by atoms with E-state index in [1.807, 2.05) is 0 Å². The lowest BCUT2D eigenvalue weighted by Crippen LogP contribution is -2.49. The number of likely N-dealkylation sites (tertiary alicyclic amines) is 1. The highest BCUT2D eigenvalue weighted by atomic mass is 127. The maximum absolute atomic E-state index is 12.4. The van der Waals surface area contributed by atoms with Gasteiger partial charge in [0.2, 0.25) is 3.79 Å². The Balaban J connectivity index is 2.34. The van der Waals surface area contributed by atoms with Crippen LogP contribution in [0.15, 0.2) is 24.3 Å². The van der Waals surface area contributed by atoms with E-state index in [2.05, 4.69) is 0 Å². The first kappa shape index (κ1) is 18.5. The van der Waals surface area contributed by atoms with Crippen LogP contribution in [0.5, 0.6) is 0 Å². The predicted octanol–water partition coefficient (Wildman–Crippen LogP) is 3.50. The molecule has 2 unspecified atom stereocenters. The Morgan fingerprint density at radius 3 is 2.39 bits per heavy atom. The van der Waals surface area contributed by atoms with Crippen LogP contribution in [0.2, 0.25) is 5.02 Å².